The maximum atomic E-state index is 10.9. The number of anilines is 1. The van der Waals surface area contributed by atoms with Crippen LogP contribution in [0.3, 0.4) is 0 Å². The molecule has 0 aromatic heterocycles. The maximum Gasteiger partial charge on any atom is 0.253 e. The highest BCUT2D eigenvalue weighted by molar-refractivity contribution is 14.1. The second kappa shape index (κ2) is 4.46. The molecule has 3 nitrogen and oxygen atoms in total. The molecule has 1 aromatic rings. The lowest BCUT2D eigenvalue weighted by Crippen LogP contribution is -2.02. The highest BCUT2D eigenvalue weighted by atomic mass is 127. The summed E-state index contributed by atoms with van der Waals surface area (Å²) in [5.41, 5.74) is 6.23. The van der Waals surface area contributed by atoms with Crippen molar-refractivity contribution in [3.05, 3.63) is 26.8 Å². The van der Waals surface area contributed by atoms with Crippen molar-refractivity contribution < 1.29 is 9.59 Å². The molecule has 0 heterocycles. The normalized spacial score (nSPS) is 9.93. The van der Waals surface area contributed by atoms with Gasteiger partial charge in [-0.2, -0.15) is 0 Å². The topological polar surface area (TPSA) is 60.2 Å². The first-order chi connectivity index (χ1) is 6.43. The Balaban J connectivity index is 3.43. The quantitative estimate of drug-likeness (QED) is 0.510. The molecule has 0 spiro atoms. The number of nitrogen functional groups attached to an aromatic ring is 1. The standard InChI is InChI=1S/C8H4Cl2INO2/c9-7(13)3-1-4(8(10)14)6(11)5(12)2-3/h1-2H,12H2. The van der Waals surface area contributed by atoms with Gasteiger partial charge in [-0.05, 0) is 57.9 Å². The fourth-order valence-corrected chi connectivity index (χ4v) is 1.88. The molecule has 0 saturated heterocycles. The van der Waals surface area contributed by atoms with Crippen molar-refractivity contribution in [3.8, 4) is 0 Å². The molecule has 2 N–H and O–H groups in total. The van der Waals surface area contributed by atoms with Crippen molar-refractivity contribution in [1.29, 1.82) is 0 Å². The molecule has 1 rings (SSSR count). The van der Waals surface area contributed by atoms with Crippen molar-refractivity contribution in [3.63, 3.8) is 0 Å². The minimum atomic E-state index is -0.674. The second-order valence-corrected chi connectivity index (χ2v) is 4.24. The van der Waals surface area contributed by atoms with Crippen LogP contribution in [0.5, 0.6) is 0 Å². The summed E-state index contributed by atoms with van der Waals surface area (Å²) in [7, 11) is 0. The Labute approximate surface area is 104 Å². The monoisotopic (exact) mass is 343 g/mol. The molecule has 0 atom stereocenters. The summed E-state index contributed by atoms with van der Waals surface area (Å²) in [6.07, 6.45) is 0. The van der Waals surface area contributed by atoms with Crippen molar-refractivity contribution in [1.82, 2.24) is 0 Å². The highest BCUT2D eigenvalue weighted by Crippen LogP contribution is 2.24. The van der Waals surface area contributed by atoms with Crippen LogP contribution in [0, 0.1) is 3.57 Å². The van der Waals surface area contributed by atoms with Crippen molar-refractivity contribution in [2.45, 2.75) is 0 Å². The number of carbonyl (C=O) groups excluding carboxylic acids is 2. The van der Waals surface area contributed by atoms with Crippen molar-refractivity contribution in [2.24, 2.45) is 0 Å². The largest absolute Gasteiger partial charge is 0.398 e. The van der Waals surface area contributed by atoms with Crippen LogP contribution in [-0.4, -0.2) is 10.5 Å². The Morgan fingerprint density at radius 3 is 2.21 bits per heavy atom. The van der Waals surface area contributed by atoms with E-state index in [4.69, 9.17) is 28.9 Å². The van der Waals surface area contributed by atoms with E-state index >= 15 is 0 Å². The summed E-state index contributed by atoms with van der Waals surface area (Å²) < 4.78 is 0.518. The summed E-state index contributed by atoms with van der Waals surface area (Å²) in [6, 6.07) is 2.73. The van der Waals surface area contributed by atoms with E-state index in [2.05, 4.69) is 0 Å². The van der Waals surface area contributed by atoms with E-state index in [0.29, 0.717) is 9.26 Å². The molecule has 0 fully saturated rings. The molecule has 0 aliphatic heterocycles. The smallest absolute Gasteiger partial charge is 0.253 e. The van der Waals surface area contributed by atoms with Gasteiger partial charge in [0.1, 0.15) is 0 Å². The summed E-state index contributed by atoms with van der Waals surface area (Å²) in [6.45, 7) is 0. The number of carbonyl (C=O) groups is 2. The van der Waals surface area contributed by atoms with E-state index in [1.54, 1.807) is 0 Å². The molecule has 0 amide bonds. The van der Waals surface area contributed by atoms with Gasteiger partial charge in [-0.25, -0.2) is 0 Å². The van der Waals surface area contributed by atoms with Gasteiger partial charge in [0.05, 0.1) is 5.56 Å². The van der Waals surface area contributed by atoms with E-state index in [0.717, 1.165) is 0 Å². The number of hydrogen-bond donors (Lipinski definition) is 1. The van der Waals surface area contributed by atoms with Gasteiger partial charge in [0, 0.05) is 14.8 Å². The van der Waals surface area contributed by atoms with Gasteiger partial charge in [0.15, 0.2) is 0 Å². The second-order valence-electron chi connectivity index (χ2n) is 2.47. The molecule has 0 aliphatic carbocycles. The van der Waals surface area contributed by atoms with Gasteiger partial charge >= 0.3 is 0 Å². The van der Waals surface area contributed by atoms with E-state index in [-0.39, 0.29) is 11.1 Å². The molecule has 0 bridgehead atoms. The van der Waals surface area contributed by atoms with Gasteiger partial charge in [-0.15, -0.1) is 0 Å². The van der Waals surface area contributed by atoms with Gasteiger partial charge in [0.2, 0.25) is 0 Å². The zero-order valence-corrected chi connectivity index (χ0v) is 10.4. The summed E-state index contributed by atoms with van der Waals surface area (Å²) in [4.78, 5) is 21.8. The lowest BCUT2D eigenvalue weighted by Gasteiger charge is -2.04. The van der Waals surface area contributed by atoms with E-state index in [1.165, 1.54) is 12.1 Å². The first-order valence-electron chi connectivity index (χ1n) is 3.42. The van der Waals surface area contributed by atoms with Gasteiger partial charge < -0.3 is 5.73 Å². The number of rotatable bonds is 2. The molecule has 1 aromatic carbocycles. The summed E-state index contributed by atoms with van der Waals surface area (Å²) in [5.74, 6) is 0. The average molecular weight is 344 g/mol. The summed E-state index contributed by atoms with van der Waals surface area (Å²) >= 11 is 12.4. The number of hydrogen-bond acceptors (Lipinski definition) is 3. The third kappa shape index (κ3) is 2.37. The van der Waals surface area contributed by atoms with Crippen LogP contribution < -0.4 is 5.73 Å². The molecule has 0 saturated carbocycles. The number of nitrogens with two attached hydrogens (primary N) is 1. The Morgan fingerprint density at radius 2 is 1.79 bits per heavy atom. The minimum absolute atomic E-state index is 0.161. The van der Waals surface area contributed by atoms with Gasteiger partial charge in [-0.1, -0.05) is 0 Å². The fraction of sp³-hybridized carbons (Fsp3) is 0. The third-order valence-electron chi connectivity index (χ3n) is 1.54. The zero-order chi connectivity index (χ0) is 10.9. The maximum absolute atomic E-state index is 10.9. The Hall–Kier alpha value is -0.330. The predicted octanol–water partition coefficient (Wildman–Crippen LogP) is 2.63. The molecule has 74 valence electrons. The first-order valence-corrected chi connectivity index (χ1v) is 5.25. The van der Waals surface area contributed by atoms with Crippen molar-refractivity contribution >= 4 is 62.0 Å². The SMILES string of the molecule is Nc1cc(C(=O)Cl)cc(C(=O)Cl)c1I. The molecule has 6 heteroatoms. The average Bonchev–Trinajstić information content (AvgIpc) is 2.08. The molecule has 0 radical (unpaired) electrons. The zero-order valence-electron chi connectivity index (χ0n) is 6.68. The van der Waals surface area contributed by atoms with Crippen LogP contribution >= 0.6 is 45.8 Å². The first kappa shape index (κ1) is 11.7. The van der Waals surface area contributed by atoms with Crippen LogP contribution in [0.15, 0.2) is 12.1 Å². The lowest BCUT2D eigenvalue weighted by molar-refractivity contribution is 0.107. The fourth-order valence-electron chi connectivity index (χ4n) is 0.903. The van der Waals surface area contributed by atoms with Crippen molar-refractivity contribution in [2.75, 3.05) is 5.73 Å². The van der Waals surface area contributed by atoms with E-state index in [9.17, 15) is 9.59 Å². The van der Waals surface area contributed by atoms with Crippen LogP contribution in [0.1, 0.15) is 20.7 Å². The molecular weight excluding hydrogens is 340 g/mol. The molecule has 14 heavy (non-hydrogen) atoms. The van der Waals surface area contributed by atoms with E-state index < -0.39 is 10.5 Å². The van der Waals surface area contributed by atoms with Crippen LogP contribution in [-0.2, 0) is 0 Å². The molecule has 0 aliphatic rings. The summed E-state index contributed by atoms with van der Waals surface area (Å²) in [5, 5.41) is -1.34. The van der Waals surface area contributed by atoms with Gasteiger partial charge in [0.25, 0.3) is 10.5 Å². The van der Waals surface area contributed by atoms with Crippen LogP contribution in [0.4, 0.5) is 5.69 Å². The minimum Gasteiger partial charge on any atom is -0.398 e. The molecular formula is C8H4Cl2INO2. The predicted molar refractivity (Wildman–Crippen MR) is 63.9 cm³/mol. The van der Waals surface area contributed by atoms with Gasteiger partial charge in [-0.3, -0.25) is 9.59 Å². The molecule has 0 unspecified atom stereocenters. The third-order valence-corrected chi connectivity index (χ3v) is 3.17. The highest BCUT2D eigenvalue weighted by Gasteiger charge is 2.14. The Morgan fingerprint density at radius 1 is 1.21 bits per heavy atom. The van der Waals surface area contributed by atoms with Crippen LogP contribution in [0.25, 0.3) is 0 Å². The Bertz CT molecular complexity index is 420. The van der Waals surface area contributed by atoms with Crippen LogP contribution in [0.2, 0.25) is 0 Å². The number of benzene rings is 1. The van der Waals surface area contributed by atoms with E-state index in [1.807, 2.05) is 22.6 Å². The lowest BCUT2D eigenvalue weighted by atomic mass is 10.1. The Kier molecular flexibility index (Phi) is 3.74. The number of halogens is 3.